The van der Waals surface area contributed by atoms with Crippen molar-refractivity contribution in [1.82, 2.24) is 4.98 Å². The number of carbonyl (C=O) groups excluding carboxylic acids is 1. The molecule has 0 aliphatic heterocycles. The molecule has 0 aliphatic carbocycles. The highest BCUT2D eigenvalue weighted by Crippen LogP contribution is 2.02. The monoisotopic (exact) mass is 299 g/mol. The zero-order chi connectivity index (χ0) is 14.8. The van der Waals surface area contributed by atoms with Crippen LogP contribution in [0.25, 0.3) is 0 Å². The Kier molecular flexibility index (Phi) is 7.26. The van der Waals surface area contributed by atoms with Crippen molar-refractivity contribution in [2.75, 3.05) is 6.61 Å². The second-order valence-electron chi connectivity index (χ2n) is 3.95. The summed E-state index contributed by atoms with van der Waals surface area (Å²) in [6.45, 7) is 2.49. The van der Waals surface area contributed by atoms with Gasteiger partial charge in [0.15, 0.2) is 4.80 Å². The van der Waals surface area contributed by atoms with Gasteiger partial charge in [0.2, 0.25) is 12.1 Å². The van der Waals surface area contributed by atoms with Crippen LogP contribution in [0.1, 0.15) is 38.3 Å². The van der Waals surface area contributed by atoms with Crippen LogP contribution in [0.2, 0.25) is 0 Å². The number of H-pyrrole nitrogens is 1. The third kappa shape index (κ3) is 5.35. The summed E-state index contributed by atoms with van der Waals surface area (Å²) in [4.78, 5) is 32.8. The number of aromatic amines is 1. The van der Waals surface area contributed by atoms with Crippen LogP contribution in [0.5, 0.6) is 0 Å². The van der Waals surface area contributed by atoms with Gasteiger partial charge in [-0.2, -0.15) is 4.99 Å². The van der Waals surface area contributed by atoms with Crippen molar-refractivity contribution in [2.24, 2.45) is 10.1 Å². The van der Waals surface area contributed by atoms with E-state index in [2.05, 4.69) is 22.1 Å². The van der Waals surface area contributed by atoms with Gasteiger partial charge in [-0.3, -0.25) is 4.79 Å². The Labute approximate surface area is 120 Å². The molecule has 0 aromatic carbocycles. The molecule has 1 aromatic heterocycles. The predicted octanol–water partition coefficient (Wildman–Crippen LogP) is 1.52. The van der Waals surface area contributed by atoms with Gasteiger partial charge in [0.25, 0.3) is 0 Å². The first-order chi connectivity index (χ1) is 9.69. The summed E-state index contributed by atoms with van der Waals surface area (Å²) in [7, 11) is 0. The van der Waals surface area contributed by atoms with Crippen LogP contribution in [0.3, 0.4) is 0 Å². The summed E-state index contributed by atoms with van der Waals surface area (Å²) < 4.78 is 0. The van der Waals surface area contributed by atoms with E-state index in [1.165, 1.54) is 5.38 Å². The molecule has 0 atom stereocenters. The van der Waals surface area contributed by atoms with Gasteiger partial charge < -0.3 is 14.9 Å². The highest BCUT2D eigenvalue weighted by atomic mass is 32.1. The highest BCUT2D eigenvalue weighted by molar-refractivity contribution is 7.07. The van der Waals surface area contributed by atoms with E-state index in [0.29, 0.717) is 17.8 Å². The Morgan fingerprint density at radius 2 is 2.30 bits per heavy atom. The van der Waals surface area contributed by atoms with Gasteiger partial charge in [-0.25, -0.2) is 4.79 Å². The fourth-order valence-corrected chi connectivity index (χ4v) is 2.09. The van der Waals surface area contributed by atoms with Crippen LogP contribution in [0.4, 0.5) is 0 Å². The molecule has 0 bridgehead atoms. The molecule has 1 rings (SSSR count). The number of amides is 1. The average molecular weight is 299 g/mol. The molecule has 0 fully saturated rings. The lowest BCUT2D eigenvalue weighted by Crippen LogP contribution is -2.17. The first kappa shape index (κ1) is 16.1. The van der Waals surface area contributed by atoms with Gasteiger partial charge in [0.05, 0.1) is 5.69 Å². The molecular formula is C12H17N3O4S. The molecule has 0 radical (unpaired) electrons. The summed E-state index contributed by atoms with van der Waals surface area (Å²) in [6.07, 6.45) is 4.49. The van der Waals surface area contributed by atoms with Gasteiger partial charge in [-0.1, -0.05) is 24.9 Å². The van der Waals surface area contributed by atoms with Crippen LogP contribution in [0, 0.1) is 0 Å². The van der Waals surface area contributed by atoms with E-state index in [1.54, 1.807) is 0 Å². The normalized spacial score (nSPS) is 12.4. The third-order valence-electron chi connectivity index (χ3n) is 2.40. The number of nitrogens with zero attached hydrogens (tertiary/aromatic N) is 2. The standard InChI is InChI=1S/C12H17N3O4S/c1-2-3-4-5-6-19-15-10(11(17)18)9-7-20-12(14-9)13-8-16/h7-8H,2-6H2,1H3,(H,17,18)(H,13,14,16). The molecule has 8 heteroatoms. The lowest BCUT2D eigenvalue weighted by Gasteiger charge is -2.01. The molecule has 1 amide bonds. The first-order valence-corrected chi connectivity index (χ1v) is 7.16. The molecule has 7 nitrogen and oxygen atoms in total. The highest BCUT2D eigenvalue weighted by Gasteiger charge is 2.15. The number of oxime groups is 1. The molecule has 0 unspecified atom stereocenters. The number of carboxylic acids is 1. The van der Waals surface area contributed by atoms with Crippen molar-refractivity contribution in [1.29, 1.82) is 0 Å². The van der Waals surface area contributed by atoms with Gasteiger partial charge in [0, 0.05) is 5.38 Å². The smallest absolute Gasteiger partial charge is 0.360 e. The number of thiazole rings is 1. The average Bonchev–Trinajstić information content (AvgIpc) is 2.86. The minimum absolute atomic E-state index is 0.232. The fraction of sp³-hybridized carbons (Fsp3) is 0.500. The second-order valence-corrected chi connectivity index (χ2v) is 4.81. The maximum Gasteiger partial charge on any atom is 0.360 e. The van der Waals surface area contributed by atoms with Crippen molar-refractivity contribution in [3.63, 3.8) is 0 Å². The largest absolute Gasteiger partial charge is 0.476 e. The summed E-state index contributed by atoms with van der Waals surface area (Å²) in [6, 6.07) is 0. The van der Waals surface area contributed by atoms with Crippen LogP contribution >= 0.6 is 11.3 Å². The maximum atomic E-state index is 11.1. The van der Waals surface area contributed by atoms with E-state index in [4.69, 9.17) is 9.94 Å². The van der Waals surface area contributed by atoms with Gasteiger partial charge in [0.1, 0.15) is 6.61 Å². The zero-order valence-electron chi connectivity index (χ0n) is 11.2. The number of rotatable bonds is 9. The van der Waals surface area contributed by atoms with Gasteiger partial charge >= 0.3 is 5.97 Å². The molecular weight excluding hydrogens is 282 g/mol. The third-order valence-corrected chi connectivity index (χ3v) is 3.19. The number of nitrogens with one attached hydrogen (secondary N) is 1. The lowest BCUT2D eigenvalue weighted by molar-refractivity contribution is -0.129. The van der Waals surface area contributed by atoms with Crippen molar-refractivity contribution < 1.29 is 19.5 Å². The summed E-state index contributed by atoms with van der Waals surface area (Å²) in [5, 5.41) is 14.2. The van der Waals surface area contributed by atoms with E-state index < -0.39 is 5.97 Å². The molecule has 0 saturated carbocycles. The van der Waals surface area contributed by atoms with E-state index in [0.717, 1.165) is 37.0 Å². The number of carboxylic acid groups (broad SMARTS) is 1. The van der Waals surface area contributed by atoms with E-state index in [9.17, 15) is 9.59 Å². The number of hydrogen-bond donors (Lipinski definition) is 2. The van der Waals surface area contributed by atoms with Crippen molar-refractivity contribution in [3.05, 3.63) is 15.9 Å². The topological polar surface area (TPSA) is 104 Å². The summed E-state index contributed by atoms with van der Waals surface area (Å²) in [5.41, 5.74) is 0.0285. The number of carbonyl (C=O) groups is 2. The first-order valence-electron chi connectivity index (χ1n) is 6.28. The van der Waals surface area contributed by atoms with Gasteiger partial charge in [-0.05, 0) is 12.8 Å². The minimum atomic E-state index is -1.20. The predicted molar refractivity (Wildman–Crippen MR) is 74.6 cm³/mol. The quantitative estimate of drug-likeness (QED) is 0.312. The van der Waals surface area contributed by atoms with Crippen LogP contribution in [-0.4, -0.2) is 34.8 Å². The molecule has 1 aromatic rings. The van der Waals surface area contributed by atoms with Gasteiger partial charge in [-0.15, -0.1) is 11.3 Å². The van der Waals surface area contributed by atoms with Crippen LogP contribution in [0.15, 0.2) is 15.5 Å². The Bertz CT molecular complexity index is 533. The lowest BCUT2D eigenvalue weighted by atomic mass is 10.2. The number of aromatic nitrogens is 1. The molecule has 0 aliphatic rings. The molecule has 0 saturated heterocycles. The van der Waals surface area contributed by atoms with Crippen LogP contribution < -0.4 is 4.80 Å². The van der Waals surface area contributed by atoms with Crippen molar-refractivity contribution in [2.45, 2.75) is 32.6 Å². The van der Waals surface area contributed by atoms with Crippen molar-refractivity contribution >= 4 is 29.4 Å². The van der Waals surface area contributed by atoms with E-state index in [-0.39, 0.29) is 11.4 Å². The SMILES string of the molecule is CCCCCCON=C(C(=O)O)c1csc(=NC=O)[nH]1. The number of unbranched alkanes of at least 4 members (excludes halogenated alkanes) is 3. The second kappa shape index (κ2) is 9.03. The molecule has 1 heterocycles. The molecule has 2 N–H and O–H groups in total. The zero-order valence-corrected chi connectivity index (χ0v) is 12.0. The fourth-order valence-electron chi connectivity index (χ4n) is 1.42. The van der Waals surface area contributed by atoms with E-state index >= 15 is 0 Å². The Balaban J connectivity index is 2.65. The summed E-state index contributed by atoms with van der Waals surface area (Å²) >= 11 is 1.12. The number of hydrogen-bond acceptors (Lipinski definition) is 5. The van der Waals surface area contributed by atoms with Crippen LogP contribution in [-0.2, 0) is 14.4 Å². The summed E-state index contributed by atoms with van der Waals surface area (Å²) in [5.74, 6) is -1.20. The Morgan fingerprint density at radius 3 is 2.95 bits per heavy atom. The molecule has 20 heavy (non-hydrogen) atoms. The van der Waals surface area contributed by atoms with E-state index in [1.807, 2.05) is 0 Å². The Hall–Kier alpha value is -1.96. The number of aliphatic carboxylic acids is 1. The molecule has 110 valence electrons. The minimum Gasteiger partial charge on any atom is -0.476 e. The van der Waals surface area contributed by atoms with Crippen molar-refractivity contribution in [3.8, 4) is 0 Å². The Morgan fingerprint density at radius 1 is 1.50 bits per heavy atom. The maximum absolute atomic E-state index is 11.1. The molecule has 0 spiro atoms.